The van der Waals surface area contributed by atoms with Crippen molar-refractivity contribution in [3.63, 3.8) is 0 Å². The maximum Gasteiger partial charge on any atom is 0.0198 e. The number of hydrogen-bond acceptors (Lipinski definition) is 2. The molecular weight excluding hydrogens is 244 g/mol. The summed E-state index contributed by atoms with van der Waals surface area (Å²) >= 11 is 0. The quantitative estimate of drug-likeness (QED) is 0.837. The average Bonchev–Trinajstić information content (AvgIpc) is 2.50. The molecule has 3 aliphatic rings. The highest BCUT2D eigenvalue weighted by molar-refractivity contribution is 4.84. The molecule has 0 aromatic rings. The summed E-state index contributed by atoms with van der Waals surface area (Å²) in [4.78, 5) is 2.78. The monoisotopic (exact) mass is 278 g/mol. The maximum atomic E-state index is 3.98. The van der Waals surface area contributed by atoms with E-state index in [9.17, 15) is 0 Å². The molecule has 0 bridgehead atoms. The van der Waals surface area contributed by atoms with Crippen LogP contribution in [-0.4, -0.2) is 36.6 Å². The van der Waals surface area contributed by atoms with Gasteiger partial charge in [-0.2, -0.15) is 0 Å². The molecular formula is C18H34N2. The van der Waals surface area contributed by atoms with E-state index in [1.807, 2.05) is 0 Å². The summed E-state index contributed by atoms with van der Waals surface area (Å²) in [5.74, 6) is 1.01. The predicted octanol–water partition coefficient (Wildman–Crippen LogP) is 3.95. The Bertz CT molecular complexity index is 241. The second kappa shape index (κ2) is 7.79. The third kappa shape index (κ3) is 4.46. The van der Waals surface area contributed by atoms with Gasteiger partial charge in [-0.05, 0) is 51.0 Å². The fourth-order valence-corrected chi connectivity index (χ4v) is 4.69. The van der Waals surface area contributed by atoms with Gasteiger partial charge in [0.1, 0.15) is 0 Å². The van der Waals surface area contributed by atoms with E-state index in [4.69, 9.17) is 0 Å². The molecule has 3 rings (SSSR count). The van der Waals surface area contributed by atoms with E-state index in [1.165, 1.54) is 96.7 Å². The number of nitrogens with zero attached hydrogens (tertiary/aromatic N) is 1. The summed E-state index contributed by atoms with van der Waals surface area (Å²) in [6.07, 6.45) is 17.5. The van der Waals surface area contributed by atoms with E-state index in [0.717, 1.165) is 18.0 Å². The smallest absolute Gasteiger partial charge is 0.0198 e. The summed E-state index contributed by atoms with van der Waals surface area (Å²) < 4.78 is 0. The van der Waals surface area contributed by atoms with Gasteiger partial charge in [0.15, 0.2) is 0 Å². The lowest BCUT2D eigenvalue weighted by Gasteiger charge is -2.38. The van der Waals surface area contributed by atoms with Gasteiger partial charge >= 0.3 is 0 Å². The van der Waals surface area contributed by atoms with Crippen molar-refractivity contribution in [3.05, 3.63) is 0 Å². The minimum Gasteiger partial charge on any atom is -0.310 e. The molecule has 2 aliphatic carbocycles. The second-order valence-electron chi connectivity index (χ2n) is 7.60. The summed E-state index contributed by atoms with van der Waals surface area (Å²) in [5, 5.41) is 3.98. The lowest BCUT2D eigenvalue weighted by Crippen LogP contribution is -2.50. The molecule has 1 heterocycles. The van der Waals surface area contributed by atoms with Gasteiger partial charge in [0.25, 0.3) is 0 Å². The van der Waals surface area contributed by atoms with E-state index < -0.39 is 0 Å². The van der Waals surface area contributed by atoms with Gasteiger partial charge in [0.2, 0.25) is 0 Å². The standard InChI is InChI=1S/C18H34N2/c1-3-8-16(9-4-1)14-20-13-7-12-18(15-20)19-17-10-5-2-6-11-17/h16-19H,1-15H2. The average molecular weight is 278 g/mol. The predicted molar refractivity (Wildman–Crippen MR) is 86.0 cm³/mol. The number of rotatable bonds is 4. The minimum atomic E-state index is 0.787. The Balaban J connectivity index is 1.41. The molecule has 0 radical (unpaired) electrons. The highest BCUT2D eigenvalue weighted by Gasteiger charge is 2.25. The maximum absolute atomic E-state index is 3.98. The first kappa shape index (κ1) is 14.8. The Morgan fingerprint density at radius 2 is 1.35 bits per heavy atom. The van der Waals surface area contributed by atoms with Crippen molar-refractivity contribution in [1.29, 1.82) is 0 Å². The van der Waals surface area contributed by atoms with Crippen LogP contribution in [0.5, 0.6) is 0 Å². The molecule has 3 fully saturated rings. The van der Waals surface area contributed by atoms with Crippen LogP contribution in [0, 0.1) is 5.92 Å². The Morgan fingerprint density at radius 3 is 2.10 bits per heavy atom. The number of nitrogens with one attached hydrogen (secondary N) is 1. The Kier molecular flexibility index (Phi) is 5.78. The third-order valence-corrected chi connectivity index (χ3v) is 5.82. The molecule has 0 aromatic carbocycles. The van der Waals surface area contributed by atoms with Crippen molar-refractivity contribution in [2.45, 2.75) is 89.1 Å². The van der Waals surface area contributed by atoms with Crippen LogP contribution in [0.25, 0.3) is 0 Å². The summed E-state index contributed by atoms with van der Waals surface area (Å²) in [5.41, 5.74) is 0. The van der Waals surface area contributed by atoms with Gasteiger partial charge < -0.3 is 10.2 Å². The van der Waals surface area contributed by atoms with Crippen LogP contribution in [0.4, 0.5) is 0 Å². The highest BCUT2D eigenvalue weighted by atomic mass is 15.2. The summed E-state index contributed by atoms with van der Waals surface area (Å²) in [6.45, 7) is 4.08. The normalized spacial score (nSPS) is 31.5. The van der Waals surface area contributed by atoms with Crippen molar-refractivity contribution in [1.82, 2.24) is 10.2 Å². The molecule has 2 saturated carbocycles. The van der Waals surface area contributed by atoms with E-state index in [1.54, 1.807) is 0 Å². The summed E-state index contributed by atoms with van der Waals surface area (Å²) in [6, 6.07) is 1.62. The van der Waals surface area contributed by atoms with E-state index in [-0.39, 0.29) is 0 Å². The molecule has 1 atom stereocenters. The van der Waals surface area contributed by atoms with Crippen LogP contribution in [0.2, 0.25) is 0 Å². The van der Waals surface area contributed by atoms with Crippen LogP contribution < -0.4 is 5.32 Å². The molecule has 20 heavy (non-hydrogen) atoms. The Hall–Kier alpha value is -0.0800. The SMILES string of the molecule is C1CCC(CN2CCCC(NC3CCCCC3)C2)CC1. The molecule has 2 nitrogen and oxygen atoms in total. The molecule has 2 heteroatoms. The van der Waals surface area contributed by atoms with Crippen LogP contribution >= 0.6 is 0 Å². The molecule has 0 spiro atoms. The molecule has 1 N–H and O–H groups in total. The first-order valence-electron chi connectivity index (χ1n) is 9.38. The highest BCUT2D eigenvalue weighted by Crippen LogP contribution is 2.26. The lowest BCUT2D eigenvalue weighted by molar-refractivity contribution is 0.141. The Labute approximate surface area is 125 Å². The largest absolute Gasteiger partial charge is 0.310 e. The van der Waals surface area contributed by atoms with Crippen LogP contribution in [0.3, 0.4) is 0 Å². The zero-order valence-electron chi connectivity index (χ0n) is 13.3. The number of hydrogen-bond donors (Lipinski definition) is 1. The van der Waals surface area contributed by atoms with Crippen LogP contribution in [-0.2, 0) is 0 Å². The van der Waals surface area contributed by atoms with Crippen LogP contribution in [0.15, 0.2) is 0 Å². The zero-order valence-corrected chi connectivity index (χ0v) is 13.3. The van der Waals surface area contributed by atoms with E-state index >= 15 is 0 Å². The number of piperidine rings is 1. The van der Waals surface area contributed by atoms with Crippen molar-refractivity contribution < 1.29 is 0 Å². The fourth-order valence-electron chi connectivity index (χ4n) is 4.69. The topological polar surface area (TPSA) is 15.3 Å². The fraction of sp³-hybridized carbons (Fsp3) is 1.00. The molecule has 116 valence electrons. The van der Waals surface area contributed by atoms with E-state index in [0.29, 0.717) is 0 Å². The number of likely N-dealkylation sites (tertiary alicyclic amines) is 1. The third-order valence-electron chi connectivity index (χ3n) is 5.82. The molecule has 0 amide bonds. The molecule has 1 aliphatic heterocycles. The van der Waals surface area contributed by atoms with Gasteiger partial charge in [-0.25, -0.2) is 0 Å². The first-order valence-corrected chi connectivity index (χ1v) is 9.38. The van der Waals surface area contributed by atoms with Gasteiger partial charge in [-0.15, -0.1) is 0 Å². The van der Waals surface area contributed by atoms with Gasteiger partial charge in [0.05, 0.1) is 0 Å². The van der Waals surface area contributed by atoms with E-state index in [2.05, 4.69) is 10.2 Å². The molecule has 1 unspecified atom stereocenters. The van der Waals surface area contributed by atoms with Gasteiger partial charge in [-0.1, -0.05) is 38.5 Å². The Morgan fingerprint density at radius 1 is 0.700 bits per heavy atom. The second-order valence-corrected chi connectivity index (χ2v) is 7.60. The zero-order chi connectivity index (χ0) is 13.6. The van der Waals surface area contributed by atoms with Crippen molar-refractivity contribution in [2.75, 3.05) is 19.6 Å². The lowest BCUT2D eigenvalue weighted by atomic mass is 9.88. The van der Waals surface area contributed by atoms with Crippen molar-refractivity contribution in [2.24, 2.45) is 5.92 Å². The van der Waals surface area contributed by atoms with Crippen LogP contribution in [0.1, 0.15) is 77.0 Å². The molecule has 1 saturated heterocycles. The van der Waals surface area contributed by atoms with Gasteiger partial charge in [-0.3, -0.25) is 0 Å². The van der Waals surface area contributed by atoms with Crippen molar-refractivity contribution in [3.8, 4) is 0 Å². The first-order chi connectivity index (χ1) is 9.90. The van der Waals surface area contributed by atoms with Crippen molar-refractivity contribution >= 4 is 0 Å². The summed E-state index contributed by atoms with van der Waals surface area (Å²) in [7, 11) is 0. The molecule has 0 aromatic heterocycles. The minimum absolute atomic E-state index is 0.787. The van der Waals surface area contributed by atoms with Gasteiger partial charge in [0, 0.05) is 25.2 Å².